The second kappa shape index (κ2) is 6.10. The molecule has 3 rings (SSSR count). The molecule has 2 amide bonds. The molecule has 0 N–H and O–H groups in total. The summed E-state index contributed by atoms with van der Waals surface area (Å²) in [4.78, 5) is 28.3. The highest BCUT2D eigenvalue weighted by Gasteiger charge is 2.32. The van der Waals surface area contributed by atoms with Crippen LogP contribution >= 0.6 is 11.6 Å². The highest BCUT2D eigenvalue weighted by atomic mass is 35.5. The van der Waals surface area contributed by atoms with Gasteiger partial charge in [0, 0.05) is 32.1 Å². The van der Waals surface area contributed by atoms with Crippen LogP contribution in [0.1, 0.15) is 36.2 Å². The first kappa shape index (κ1) is 14.4. The molecule has 2 aliphatic heterocycles. The maximum atomic E-state index is 12.3. The van der Waals surface area contributed by atoms with E-state index in [1.54, 1.807) is 17.0 Å². The largest absolute Gasteiger partial charge is 0.440 e. The van der Waals surface area contributed by atoms with Crippen LogP contribution in [0, 0.1) is 5.92 Å². The van der Waals surface area contributed by atoms with Crippen molar-refractivity contribution < 1.29 is 14.0 Å². The second-order valence-corrected chi connectivity index (χ2v) is 6.08. The fourth-order valence-corrected chi connectivity index (χ4v) is 3.26. The van der Waals surface area contributed by atoms with Crippen molar-refractivity contribution >= 4 is 23.4 Å². The molecular weight excluding hydrogens is 292 g/mol. The van der Waals surface area contributed by atoms with E-state index in [0.29, 0.717) is 13.1 Å². The minimum atomic E-state index is -0.144. The number of furan rings is 1. The molecule has 0 atom stereocenters. The summed E-state index contributed by atoms with van der Waals surface area (Å²) in [5.41, 5.74) is 0. The molecule has 2 fully saturated rings. The summed E-state index contributed by atoms with van der Waals surface area (Å²) in [6.45, 7) is 2.98. The number of hydrogen-bond donors (Lipinski definition) is 0. The molecule has 0 saturated carbocycles. The number of nitrogens with zero attached hydrogens (tertiary/aromatic N) is 2. The number of rotatable bonds is 2. The van der Waals surface area contributed by atoms with E-state index < -0.39 is 0 Å². The van der Waals surface area contributed by atoms with Crippen LogP contribution in [0.5, 0.6) is 0 Å². The van der Waals surface area contributed by atoms with Gasteiger partial charge < -0.3 is 14.2 Å². The topological polar surface area (TPSA) is 53.8 Å². The van der Waals surface area contributed by atoms with Gasteiger partial charge in [0.15, 0.2) is 11.0 Å². The first-order valence-corrected chi connectivity index (χ1v) is 7.86. The maximum Gasteiger partial charge on any atom is 0.289 e. The van der Waals surface area contributed by atoms with Crippen LogP contribution in [0.3, 0.4) is 0 Å². The van der Waals surface area contributed by atoms with E-state index in [-0.39, 0.29) is 28.7 Å². The van der Waals surface area contributed by atoms with Crippen molar-refractivity contribution in [2.75, 3.05) is 26.2 Å². The predicted molar refractivity (Wildman–Crippen MR) is 78.2 cm³/mol. The first-order chi connectivity index (χ1) is 10.1. The SMILES string of the molecule is O=C(c1ccc(Cl)o1)N1CCC(C(=O)N2CCCC2)CC1. The number of amides is 2. The lowest BCUT2D eigenvalue weighted by atomic mass is 9.95. The number of hydrogen-bond acceptors (Lipinski definition) is 3. The van der Waals surface area contributed by atoms with Crippen LogP contribution in [0.2, 0.25) is 5.22 Å². The van der Waals surface area contributed by atoms with Gasteiger partial charge in [-0.2, -0.15) is 0 Å². The Morgan fingerprint density at radius 3 is 2.29 bits per heavy atom. The molecule has 2 saturated heterocycles. The number of carbonyl (C=O) groups is 2. The van der Waals surface area contributed by atoms with E-state index >= 15 is 0 Å². The van der Waals surface area contributed by atoms with Gasteiger partial charge >= 0.3 is 0 Å². The maximum absolute atomic E-state index is 12.3. The normalized spacial score (nSPS) is 20.0. The monoisotopic (exact) mass is 310 g/mol. The highest BCUT2D eigenvalue weighted by molar-refractivity contribution is 6.29. The molecule has 0 unspecified atom stereocenters. The number of carbonyl (C=O) groups excluding carboxylic acids is 2. The van der Waals surface area contributed by atoms with Gasteiger partial charge in [-0.15, -0.1) is 0 Å². The lowest BCUT2D eigenvalue weighted by Crippen LogP contribution is -2.43. The summed E-state index contributed by atoms with van der Waals surface area (Å²) in [6, 6.07) is 3.16. The fraction of sp³-hybridized carbons (Fsp3) is 0.600. The molecule has 0 bridgehead atoms. The van der Waals surface area contributed by atoms with E-state index in [1.165, 1.54) is 0 Å². The van der Waals surface area contributed by atoms with Crippen molar-refractivity contribution in [2.45, 2.75) is 25.7 Å². The van der Waals surface area contributed by atoms with Crippen molar-refractivity contribution in [3.05, 3.63) is 23.1 Å². The summed E-state index contributed by atoms with van der Waals surface area (Å²) >= 11 is 5.69. The Hall–Kier alpha value is -1.49. The zero-order valence-electron chi connectivity index (χ0n) is 11.9. The van der Waals surface area contributed by atoms with Crippen molar-refractivity contribution in [2.24, 2.45) is 5.92 Å². The third kappa shape index (κ3) is 3.07. The Labute approximate surface area is 128 Å². The average molecular weight is 311 g/mol. The molecule has 1 aromatic heterocycles. The zero-order valence-corrected chi connectivity index (χ0v) is 12.6. The number of likely N-dealkylation sites (tertiary alicyclic amines) is 2. The van der Waals surface area contributed by atoms with Gasteiger partial charge in [-0.1, -0.05) is 0 Å². The van der Waals surface area contributed by atoms with Crippen LogP contribution in [0.4, 0.5) is 0 Å². The predicted octanol–water partition coefficient (Wildman–Crippen LogP) is 2.41. The van der Waals surface area contributed by atoms with Gasteiger partial charge in [0.1, 0.15) is 0 Å². The van der Waals surface area contributed by atoms with Crippen molar-refractivity contribution in [1.29, 1.82) is 0 Å². The first-order valence-electron chi connectivity index (χ1n) is 7.48. The van der Waals surface area contributed by atoms with Crippen LogP contribution < -0.4 is 0 Å². The number of halogens is 1. The summed E-state index contributed by atoms with van der Waals surface area (Å²) < 4.78 is 5.15. The standard InChI is InChI=1S/C15H19ClN2O3/c16-13-4-3-12(21-13)15(20)18-9-5-11(6-10-18)14(19)17-7-1-2-8-17/h3-4,11H,1-2,5-10H2. The molecule has 0 radical (unpaired) electrons. The van der Waals surface area contributed by atoms with E-state index in [2.05, 4.69) is 0 Å². The van der Waals surface area contributed by atoms with Crippen LogP contribution in [0.15, 0.2) is 16.5 Å². The van der Waals surface area contributed by atoms with Crippen molar-refractivity contribution in [1.82, 2.24) is 9.80 Å². The lowest BCUT2D eigenvalue weighted by molar-refractivity contribution is -0.135. The molecule has 114 valence electrons. The molecule has 2 aliphatic rings. The molecular formula is C15H19ClN2O3. The molecule has 21 heavy (non-hydrogen) atoms. The summed E-state index contributed by atoms with van der Waals surface area (Å²) in [5, 5.41) is 0.220. The van der Waals surface area contributed by atoms with Gasteiger partial charge in [-0.05, 0) is 49.4 Å². The average Bonchev–Trinajstić information content (AvgIpc) is 3.17. The Morgan fingerprint density at radius 2 is 1.71 bits per heavy atom. The summed E-state index contributed by atoms with van der Waals surface area (Å²) in [7, 11) is 0. The Morgan fingerprint density at radius 1 is 1.05 bits per heavy atom. The van der Waals surface area contributed by atoms with E-state index in [1.807, 2.05) is 4.90 Å². The zero-order chi connectivity index (χ0) is 14.8. The van der Waals surface area contributed by atoms with Crippen LogP contribution in [-0.2, 0) is 4.79 Å². The second-order valence-electron chi connectivity index (χ2n) is 5.70. The van der Waals surface area contributed by atoms with Gasteiger partial charge in [0.25, 0.3) is 5.91 Å². The van der Waals surface area contributed by atoms with Crippen LogP contribution in [-0.4, -0.2) is 47.8 Å². The third-order valence-corrected chi connectivity index (χ3v) is 4.54. The third-order valence-electron chi connectivity index (χ3n) is 4.33. The van der Waals surface area contributed by atoms with Gasteiger partial charge in [-0.25, -0.2) is 0 Å². The van der Waals surface area contributed by atoms with E-state index in [0.717, 1.165) is 38.8 Å². The molecule has 0 aromatic carbocycles. The molecule has 0 aliphatic carbocycles. The van der Waals surface area contributed by atoms with Crippen molar-refractivity contribution in [3.63, 3.8) is 0 Å². The summed E-state index contributed by atoms with van der Waals surface area (Å²) in [5.74, 6) is 0.450. The lowest BCUT2D eigenvalue weighted by Gasteiger charge is -2.32. The minimum absolute atomic E-state index is 0.0624. The smallest absolute Gasteiger partial charge is 0.289 e. The summed E-state index contributed by atoms with van der Waals surface area (Å²) in [6.07, 6.45) is 3.69. The van der Waals surface area contributed by atoms with Gasteiger partial charge in [-0.3, -0.25) is 9.59 Å². The van der Waals surface area contributed by atoms with Crippen LogP contribution in [0.25, 0.3) is 0 Å². The molecule has 0 spiro atoms. The highest BCUT2D eigenvalue weighted by Crippen LogP contribution is 2.24. The Balaban J connectivity index is 1.55. The quantitative estimate of drug-likeness (QED) is 0.843. The van der Waals surface area contributed by atoms with Gasteiger partial charge in [0.05, 0.1) is 0 Å². The van der Waals surface area contributed by atoms with E-state index in [9.17, 15) is 9.59 Å². The number of piperidine rings is 1. The Kier molecular flexibility index (Phi) is 4.19. The molecule has 5 nitrogen and oxygen atoms in total. The molecule has 6 heteroatoms. The van der Waals surface area contributed by atoms with Gasteiger partial charge in [0.2, 0.25) is 5.91 Å². The Bertz CT molecular complexity index is 529. The fourth-order valence-electron chi connectivity index (χ4n) is 3.11. The minimum Gasteiger partial charge on any atom is -0.440 e. The van der Waals surface area contributed by atoms with E-state index in [4.69, 9.17) is 16.0 Å². The molecule has 3 heterocycles. The molecule has 1 aromatic rings. The van der Waals surface area contributed by atoms with Crippen molar-refractivity contribution in [3.8, 4) is 0 Å².